The molecule has 0 bridgehead atoms. The molecular weight excluding hydrogens is 206 g/mol. The van der Waals surface area contributed by atoms with Gasteiger partial charge in [0.2, 0.25) is 0 Å². The molecule has 0 saturated carbocycles. The Balaban J connectivity index is 2.30. The van der Waals surface area contributed by atoms with Crippen molar-refractivity contribution in [2.45, 2.75) is 19.9 Å². The van der Waals surface area contributed by atoms with Crippen LogP contribution in [-0.4, -0.2) is 12.6 Å². The lowest BCUT2D eigenvalue weighted by atomic mass is 10.0. The third-order valence-corrected chi connectivity index (χ3v) is 2.91. The molecule has 0 fully saturated rings. The van der Waals surface area contributed by atoms with Crippen LogP contribution in [0.2, 0.25) is 0 Å². The van der Waals surface area contributed by atoms with Crippen molar-refractivity contribution < 1.29 is 0 Å². The van der Waals surface area contributed by atoms with Crippen molar-refractivity contribution in [1.29, 1.82) is 0 Å². The van der Waals surface area contributed by atoms with Crippen molar-refractivity contribution in [1.82, 2.24) is 5.32 Å². The zero-order valence-electron chi connectivity index (χ0n) is 10.5. The number of nitrogens with one attached hydrogen (secondary N) is 1. The Morgan fingerprint density at radius 1 is 1.12 bits per heavy atom. The zero-order valence-corrected chi connectivity index (χ0v) is 10.5. The number of hydrogen-bond donors (Lipinski definition) is 1. The fourth-order valence-corrected chi connectivity index (χ4v) is 2.03. The molecular formula is C16H19N. The molecule has 0 radical (unpaired) electrons. The van der Waals surface area contributed by atoms with Gasteiger partial charge in [0.1, 0.15) is 0 Å². The van der Waals surface area contributed by atoms with E-state index in [-0.39, 0.29) is 0 Å². The van der Waals surface area contributed by atoms with Gasteiger partial charge in [-0.2, -0.15) is 0 Å². The van der Waals surface area contributed by atoms with Crippen LogP contribution < -0.4 is 5.32 Å². The Morgan fingerprint density at radius 3 is 2.71 bits per heavy atom. The number of benzene rings is 2. The number of fused-ring (bicyclic) bond motifs is 1. The molecule has 2 aromatic rings. The molecule has 1 N–H and O–H groups in total. The highest BCUT2D eigenvalue weighted by molar-refractivity contribution is 5.90. The molecule has 1 unspecified atom stereocenters. The van der Waals surface area contributed by atoms with Crippen LogP contribution in [-0.2, 0) is 0 Å². The molecule has 0 aliphatic carbocycles. The number of rotatable bonds is 4. The van der Waals surface area contributed by atoms with E-state index >= 15 is 0 Å². The molecule has 0 spiro atoms. The van der Waals surface area contributed by atoms with E-state index < -0.39 is 0 Å². The largest absolute Gasteiger partial charge is 0.311 e. The van der Waals surface area contributed by atoms with Crippen LogP contribution in [0.15, 0.2) is 48.5 Å². The van der Waals surface area contributed by atoms with Gasteiger partial charge >= 0.3 is 0 Å². The first-order valence-corrected chi connectivity index (χ1v) is 6.20. The molecule has 2 rings (SSSR count). The fraction of sp³-hybridized carbons (Fsp3) is 0.250. The molecule has 0 saturated heterocycles. The molecule has 17 heavy (non-hydrogen) atoms. The van der Waals surface area contributed by atoms with E-state index in [9.17, 15) is 0 Å². The molecule has 1 heteroatoms. The Kier molecular flexibility index (Phi) is 3.94. The highest BCUT2D eigenvalue weighted by atomic mass is 14.9. The highest BCUT2D eigenvalue weighted by Crippen LogP contribution is 2.19. The first-order valence-electron chi connectivity index (χ1n) is 6.20. The third kappa shape index (κ3) is 2.95. The lowest BCUT2D eigenvalue weighted by Gasteiger charge is -2.07. The SMILES string of the molecule is CCNC(C)/C=C/c1cccc2ccccc12. The first kappa shape index (κ1) is 11.9. The monoisotopic (exact) mass is 225 g/mol. The van der Waals surface area contributed by atoms with Crippen LogP contribution in [0.25, 0.3) is 16.8 Å². The quantitative estimate of drug-likeness (QED) is 0.833. The summed E-state index contributed by atoms with van der Waals surface area (Å²) in [7, 11) is 0. The van der Waals surface area contributed by atoms with Crippen LogP contribution in [0.3, 0.4) is 0 Å². The van der Waals surface area contributed by atoms with Gasteiger partial charge in [-0.1, -0.05) is 61.5 Å². The second kappa shape index (κ2) is 5.65. The smallest absolute Gasteiger partial charge is 0.0224 e. The van der Waals surface area contributed by atoms with E-state index in [1.54, 1.807) is 0 Å². The van der Waals surface area contributed by atoms with Gasteiger partial charge < -0.3 is 5.32 Å². The van der Waals surface area contributed by atoms with Gasteiger partial charge in [-0.25, -0.2) is 0 Å². The lowest BCUT2D eigenvalue weighted by molar-refractivity contribution is 0.663. The van der Waals surface area contributed by atoms with E-state index in [0.29, 0.717) is 6.04 Å². The Labute approximate surface area is 103 Å². The van der Waals surface area contributed by atoms with Crippen molar-refractivity contribution in [3.8, 4) is 0 Å². The van der Waals surface area contributed by atoms with Crippen molar-refractivity contribution in [3.63, 3.8) is 0 Å². The average molecular weight is 225 g/mol. The molecule has 0 heterocycles. The summed E-state index contributed by atoms with van der Waals surface area (Å²) in [5.74, 6) is 0. The predicted molar refractivity (Wildman–Crippen MR) is 76.1 cm³/mol. The van der Waals surface area contributed by atoms with Gasteiger partial charge in [-0.05, 0) is 29.8 Å². The summed E-state index contributed by atoms with van der Waals surface area (Å²) in [6.07, 6.45) is 4.42. The molecule has 1 atom stereocenters. The number of hydrogen-bond acceptors (Lipinski definition) is 1. The summed E-state index contributed by atoms with van der Waals surface area (Å²) in [5, 5.41) is 5.99. The van der Waals surface area contributed by atoms with Gasteiger partial charge in [-0.3, -0.25) is 0 Å². The third-order valence-electron chi connectivity index (χ3n) is 2.91. The second-order valence-electron chi connectivity index (χ2n) is 4.27. The normalized spacial score (nSPS) is 13.3. The highest BCUT2D eigenvalue weighted by Gasteiger charge is 1.97. The molecule has 88 valence electrons. The maximum Gasteiger partial charge on any atom is 0.0224 e. The van der Waals surface area contributed by atoms with Crippen LogP contribution in [0.4, 0.5) is 0 Å². The Bertz CT molecular complexity index is 508. The maximum atomic E-state index is 3.38. The van der Waals surface area contributed by atoms with Gasteiger partial charge in [-0.15, -0.1) is 0 Å². The molecule has 0 amide bonds. The summed E-state index contributed by atoms with van der Waals surface area (Å²) >= 11 is 0. The standard InChI is InChI=1S/C16H19N/c1-3-17-13(2)11-12-15-9-6-8-14-7-4-5-10-16(14)15/h4-13,17H,3H2,1-2H3/b12-11+. The van der Waals surface area contributed by atoms with Crippen molar-refractivity contribution in [3.05, 3.63) is 54.1 Å². The van der Waals surface area contributed by atoms with Gasteiger partial charge in [0, 0.05) is 6.04 Å². The maximum absolute atomic E-state index is 3.38. The van der Waals surface area contributed by atoms with Crippen molar-refractivity contribution in [2.75, 3.05) is 6.54 Å². The van der Waals surface area contributed by atoms with E-state index in [4.69, 9.17) is 0 Å². The minimum absolute atomic E-state index is 0.416. The molecule has 0 aliphatic rings. The Morgan fingerprint density at radius 2 is 1.88 bits per heavy atom. The second-order valence-corrected chi connectivity index (χ2v) is 4.27. The topological polar surface area (TPSA) is 12.0 Å². The summed E-state index contributed by atoms with van der Waals surface area (Å²) in [6.45, 7) is 5.30. The van der Waals surface area contributed by atoms with Crippen LogP contribution >= 0.6 is 0 Å². The molecule has 0 aliphatic heterocycles. The lowest BCUT2D eigenvalue weighted by Crippen LogP contribution is -2.22. The Hall–Kier alpha value is -1.60. The van der Waals surface area contributed by atoms with Crippen molar-refractivity contribution in [2.24, 2.45) is 0 Å². The van der Waals surface area contributed by atoms with Crippen molar-refractivity contribution >= 4 is 16.8 Å². The van der Waals surface area contributed by atoms with Gasteiger partial charge in [0.25, 0.3) is 0 Å². The van der Waals surface area contributed by atoms with E-state index in [1.807, 2.05) is 0 Å². The van der Waals surface area contributed by atoms with E-state index in [0.717, 1.165) is 6.54 Å². The van der Waals surface area contributed by atoms with Crippen LogP contribution in [0.5, 0.6) is 0 Å². The fourth-order valence-electron chi connectivity index (χ4n) is 2.03. The summed E-state index contributed by atoms with van der Waals surface area (Å²) in [4.78, 5) is 0. The minimum Gasteiger partial charge on any atom is -0.311 e. The number of likely N-dealkylation sites (N-methyl/N-ethyl adjacent to an activating group) is 1. The summed E-state index contributed by atoms with van der Waals surface area (Å²) < 4.78 is 0. The van der Waals surface area contributed by atoms with Gasteiger partial charge in [0.15, 0.2) is 0 Å². The van der Waals surface area contributed by atoms with E-state index in [2.05, 4.69) is 73.8 Å². The predicted octanol–water partition coefficient (Wildman–Crippen LogP) is 3.85. The van der Waals surface area contributed by atoms with E-state index in [1.165, 1.54) is 16.3 Å². The molecule has 1 nitrogen and oxygen atoms in total. The molecule has 0 aromatic heterocycles. The first-order chi connectivity index (χ1) is 8.31. The average Bonchev–Trinajstić information content (AvgIpc) is 2.36. The van der Waals surface area contributed by atoms with Crippen LogP contribution in [0, 0.1) is 0 Å². The summed E-state index contributed by atoms with van der Waals surface area (Å²) in [6, 6.07) is 15.3. The van der Waals surface area contributed by atoms with Gasteiger partial charge in [0.05, 0.1) is 0 Å². The minimum atomic E-state index is 0.416. The zero-order chi connectivity index (χ0) is 12.1. The molecule has 2 aromatic carbocycles. The van der Waals surface area contributed by atoms with Crippen LogP contribution in [0.1, 0.15) is 19.4 Å². The summed E-state index contributed by atoms with van der Waals surface area (Å²) in [5.41, 5.74) is 1.29.